The van der Waals surface area contributed by atoms with Gasteiger partial charge in [-0.05, 0) is 12.1 Å². The molecule has 0 aliphatic rings. The zero-order valence-electron chi connectivity index (χ0n) is 14.3. The van der Waals surface area contributed by atoms with E-state index >= 15 is 0 Å². The number of sulfonamides is 1. The number of anilines is 1. The summed E-state index contributed by atoms with van der Waals surface area (Å²) in [5.74, 6) is -0.108. The van der Waals surface area contributed by atoms with Crippen molar-refractivity contribution in [1.82, 2.24) is 0 Å². The van der Waals surface area contributed by atoms with E-state index in [1.807, 2.05) is 0 Å². The van der Waals surface area contributed by atoms with Crippen molar-refractivity contribution < 1.29 is 27.4 Å². The minimum atomic E-state index is -3.87. The molecule has 0 aliphatic heterocycles. The lowest BCUT2D eigenvalue weighted by molar-refractivity contribution is 0.0601. The second-order valence-corrected chi connectivity index (χ2v) is 6.97. The number of rotatable bonds is 6. The van der Waals surface area contributed by atoms with Crippen LogP contribution in [0.1, 0.15) is 10.4 Å². The van der Waals surface area contributed by atoms with Gasteiger partial charge < -0.3 is 14.2 Å². The lowest BCUT2D eigenvalue weighted by Crippen LogP contribution is -2.28. The second kappa shape index (κ2) is 7.43. The molecule has 134 valence electrons. The Morgan fingerprint density at radius 1 is 0.960 bits per heavy atom. The van der Waals surface area contributed by atoms with Crippen molar-refractivity contribution in [2.45, 2.75) is 4.90 Å². The zero-order valence-corrected chi connectivity index (χ0v) is 15.2. The van der Waals surface area contributed by atoms with Gasteiger partial charge in [0.2, 0.25) is 0 Å². The molecule has 25 heavy (non-hydrogen) atoms. The maximum Gasteiger partial charge on any atom is 0.340 e. The molecule has 0 radical (unpaired) electrons. The van der Waals surface area contributed by atoms with Gasteiger partial charge in [0, 0.05) is 19.2 Å². The number of benzene rings is 2. The van der Waals surface area contributed by atoms with Gasteiger partial charge in [-0.3, -0.25) is 4.31 Å². The van der Waals surface area contributed by atoms with Crippen LogP contribution in [0.2, 0.25) is 0 Å². The number of hydrogen-bond acceptors (Lipinski definition) is 6. The fourth-order valence-electron chi connectivity index (χ4n) is 2.28. The maximum absolute atomic E-state index is 12.9. The lowest BCUT2D eigenvalue weighted by Gasteiger charge is -2.23. The third-order valence-electron chi connectivity index (χ3n) is 3.65. The van der Waals surface area contributed by atoms with Gasteiger partial charge in [-0.2, -0.15) is 0 Å². The Labute approximate surface area is 146 Å². The molecule has 0 heterocycles. The first-order chi connectivity index (χ1) is 11.9. The highest BCUT2D eigenvalue weighted by molar-refractivity contribution is 7.92. The molecule has 0 aliphatic carbocycles. The molecule has 0 saturated carbocycles. The quantitative estimate of drug-likeness (QED) is 0.731. The van der Waals surface area contributed by atoms with Crippen molar-refractivity contribution in [2.24, 2.45) is 0 Å². The molecule has 2 aromatic carbocycles. The molecule has 2 aromatic rings. The predicted octanol–water partition coefficient (Wildman–Crippen LogP) is 2.32. The average Bonchev–Trinajstić information content (AvgIpc) is 2.66. The summed E-state index contributed by atoms with van der Waals surface area (Å²) in [6, 6.07) is 10.7. The highest BCUT2D eigenvalue weighted by Gasteiger charge is 2.27. The van der Waals surface area contributed by atoms with Crippen LogP contribution in [0.3, 0.4) is 0 Å². The molecule has 2 rings (SSSR count). The van der Waals surface area contributed by atoms with Crippen molar-refractivity contribution in [3.63, 3.8) is 0 Å². The number of ether oxygens (including phenoxy) is 3. The van der Waals surface area contributed by atoms with E-state index in [2.05, 4.69) is 0 Å². The third kappa shape index (κ3) is 3.53. The van der Waals surface area contributed by atoms with Crippen molar-refractivity contribution in [3.05, 3.63) is 48.0 Å². The van der Waals surface area contributed by atoms with Crippen LogP contribution >= 0.6 is 0 Å². The van der Waals surface area contributed by atoms with E-state index in [1.165, 1.54) is 52.6 Å². The van der Waals surface area contributed by atoms with E-state index in [4.69, 9.17) is 14.2 Å². The summed E-state index contributed by atoms with van der Waals surface area (Å²) in [7, 11) is 1.54. The number of esters is 1. The number of methoxy groups -OCH3 is 3. The summed E-state index contributed by atoms with van der Waals surface area (Å²) in [5.41, 5.74) is 0.163. The van der Waals surface area contributed by atoms with Crippen LogP contribution in [0.15, 0.2) is 47.4 Å². The fourth-order valence-corrected chi connectivity index (χ4v) is 3.51. The summed E-state index contributed by atoms with van der Waals surface area (Å²) in [6.07, 6.45) is 0. The van der Waals surface area contributed by atoms with Gasteiger partial charge >= 0.3 is 5.97 Å². The molecule has 0 atom stereocenters. The normalized spacial score (nSPS) is 10.9. The summed E-state index contributed by atoms with van der Waals surface area (Å²) >= 11 is 0. The van der Waals surface area contributed by atoms with Gasteiger partial charge in [0.25, 0.3) is 10.0 Å². The van der Waals surface area contributed by atoms with E-state index in [9.17, 15) is 13.2 Å². The van der Waals surface area contributed by atoms with Crippen molar-refractivity contribution in [1.29, 1.82) is 0 Å². The van der Waals surface area contributed by atoms with Gasteiger partial charge in [-0.25, -0.2) is 13.2 Å². The zero-order chi connectivity index (χ0) is 18.6. The van der Waals surface area contributed by atoms with Crippen LogP contribution in [0, 0.1) is 0 Å². The van der Waals surface area contributed by atoms with Gasteiger partial charge in [-0.15, -0.1) is 0 Å². The smallest absolute Gasteiger partial charge is 0.340 e. The molecule has 0 spiro atoms. The van der Waals surface area contributed by atoms with Crippen LogP contribution in [0.25, 0.3) is 0 Å². The number of carbonyl (C=O) groups excluding carboxylic acids is 1. The number of nitrogens with zero attached hydrogens (tertiary/aromatic N) is 1. The minimum absolute atomic E-state index is 0.0437. The molecule has 7 nitrogen and oxygen atoms in total. The van der Waals surface area contributed by atoms with Crippen LogP contribution in [0.5, 0.6) is 11.5 Å². The van der Waals surface area contributed by atoms with Crippen LogP contribution in [-0.4, -0.2) is 42.8 Å². The molecular weight excluding hydrogens is 346 g/mol. The van der Waals surface area contributed by atoms with Gasteiger partial charge in [0.05, 0.1) is 37.5 Å². The number of carbonyl (C=O) groups is 1. The molecular formula is C17H19NO6S. The average molecular weight is 365 g/mol. The van der Waals surface area contributed by atoms with Gasteiger partial charge in [0.1, 0.15) is 0 Å². The van der Waals surface area contributed by atoms with Crippen molar-refractivity contribution in [2.75, 3.05) is 32.7 Å². The first kappa shape index (κ1) is 18.6. The molecule has 8 heteroatoms. The second-order valence-electron chi connectivity index (χ2n) is 5.00. The highest BCUT2D eigenvalue weighted by atomic mass is 32.2. The van der Waals surface area contributed by atoms with Crippen molar-refractivity contribution >= 4 is 21.7 Å². The Morgan fingerprint density at radius 3 is 2.04 bits per heavy atom. The first-order valence-electron chi connectivity index (χ1n) is 7.25. The molecule has 0 bridgehead atoms. The number of hydrogen-bond donors (Lipinski definition) is 0. The molecule has 0 saturated heterocycles. The topological polar surface area (TPSA) is 82.1 Å². The summed E-state index contributed by atoms with van der Waals surface area (Å²) in [4.78, 5) is 12.2. The van der Waals surface area contributed by atoms with Crippen LogP contribution in [0.4, 0.5) is 5.69 Å². The van der Waals surface area contributed by atoms with E-state index in [0.717, 1.165) is 4.31 Å². The molecule has 0 unspecified atom stereocenters. The monoisotopic (exact) mass is 365 g/mol. The summed E-state index contributed by atoms with van der Waals surface area (Å²) in [5, 5.41) is 0. The first-order valence-corrected chi connectivity index (χ1v) is 8.69. The molecule has 0 fully saturated rings. The van der Waals surface area contributed by atoms with Crippen LogP contribution < -0.4 is 13.8 Å². The third-order valence-corrected chi connectivity index (χ3v) is 5.43. The lowest BCUT2D eigenvalue weighted by atomic mass is 10.1. The summed E-state index contributed by atoms with van der Waals surface area (Å²) in [6.45, 7) is 0. The Morgan fingerprint density at radius 2 is 1.52 bits per heavy atom. The Kier molecular flexibility index (Phi) is 5.53. The molecule has 0 aromatic heterocycles. The minimum Gasteiger partial charge on any atom is -0.493 e. The Hall–Kier alpha value is -2.74. The molecule has 0 N–H and O–H groups in total. The SMILES string of the molecule is COC(=O)c1cc(OC)c(OC)cc1N(C)S(=O)(=O)c1ccccc1. The fraction of sp³-hybridized carbons (Fsp3) is 0.235. The largest absolute Gasteiger partial charge is 0.493 e. The Balaban J connectivity index is 2.65. The van der Waals surface area contributed by atoms with Crippen molar-refractivity contribution in [3.8, 4) is 11.5 Å². The van der Waals surface area contributed by atoms with E-state index in [-0.39, 0.29) is 21.9 Å². The van der Waals surface area contributed by atoms with E-state index in [1.54, 1.807) is 18.2 Å². The highest BCUT2D eigenvalue weighted by Crippen LogP contribution is 2.37. The standard InChI is InChI=1S/C17H19NO6S/c1-18(25(20,21)12-8-6-5-7-9-12)14-11-16(23-3)15(22-2)10-13(14)17(19)24-4/h5-11H,1-4H3. The predicted molar refractivity (Wildman–Crippen MR) is 92.9 cm³/mol. The Bertz CT molecular complexity index is 864. The van der Waals surface area contributed by atoms with E-state index < -0.39 is 16.0 Å². The van der Waals surface area contributed by atoms with Gasteiger partial charge in [-0.1, -0.05) is 18.2 Å². The van der Waals surface area contributed by atoms with Crippen LogP contribution in [-0.2, 0) is 14.8 Å². The summed E-state index contributed by atoms with van der Waals surface area (Å²) < 4.78 is 41.9. The van der Waals surface area contributed by atoms with Gasteiger partial charge in [0.15, 0.2) is 11.5 Å². The van der Waals surface area contributed by atoms with E-state index in [0.29, 0.717) is 5.75 Å². The maximum atomic E-state index is 12.9. The molecule has 0 amide bonds.